The van der Waals surface area contributed by atoms with Crippen LogP contribution in [0.1, 0.15) is 18.1 Å². The normalized spacial score (nSPS) is 14.6. The van der Waals surface area contributed by atoms with Gasteiger partial charge in [-0.3, -0.25) is 10.1 Å². The highest BCUT2D eigenvalue weighted by Gasteiger charge is 2.27. The van der Waals surface area contributed by atoms with E-state index >= 15 is 0 Å². The van der Waals surface area contributed by atoms with E-state index in [2.05, 4.69) is 4.99 Å². The van der Waals surface area contributed by atoms with Gasteiger partial charge in [0.05, 0.1) is 29.2 Å². The maximum Gasteiger partial charge on any atom is 0.363 e. The molecule has 0 bridgehead atoms. The highest BCUT2D eigenvalue weighted by Crippen LogP contribution is 2.31. The number of carbonyl (C=O) groups is 1. The number of non-ortho nitro benzene ring substituents is 1. The number of esters is 1. The minimum atomic E-state index is -0.689. The van der Waals surface area contributed by atoms with Crippen molar-refractivity contribution in [3.63, 3.8) is 0 Å². The van der Waals surface area contributed by atoms with Gasteiger partial charge in [0.15, 0.2) is 17.2 Å². The van der Waals surface area contributed by atoms with E-state index in [-0.39, 0.29) is 27.9 Å². The summed E-state index contributed by atoms with van der Waals surface area (Å²) in [5.74, 6) is 0.303. The van der Waals surface area contributed by atoms with Crippen LogP contribution in [0, 0.1) is 10.1 Å². The van der Waals surface area contributed by atoms with Gasteiger partial charge >= 0.3 is 5.97 Å². The van der Waals surface area contributed by atoms with Gasteiger partial charge in [-0.15, -0.1) is 0 Å². The number of halogens is 1. The maximum atomic E-state index is 12.2. The molecule has 0 radical (unpaired) electrons. The Morgan fingerprint density at radius 2 is 2.04 bits per heavy atom. The van der Waals surface area contributed by atoms with Crippen LogP contribution in [0.3, 0.4) is 0 Å². The summed E-state index contributed by atoms with van der Waals surface area (Å²) >= 11 is 6.08. The molecule has 0 amide bonds. The topological polar surface area (TPSA) is 100 Å². The first-order valence-electron chi connectivity index (χ1n) is 8.20. The number of hydrogen-bond acceptors (Lipinski definition) is 7. The molecule has 2 aromatic carbocycles. The molecule has 0 saturated heterocycles. The number of aliphatic imine (C=N–C) groups is 1. The summed E-state index contributed by atoms with van der Waals surface area (Å²) in [6, 6.07) is 8.96. The number of methoxy groups -OCH3 is 1. The van der Waals surface area contributed by atoms with Crippen molar-refractivity contribution in [3.05, 3.63) is 68.4 Å². The van der Waals surface area contributed by atoms with Crippen LogP contribution in [-0.4, -0.2) is 30.5 Å². The molecule has 0 unspecified atom stereocenters. The van der Waals surface area contributed by atoms with Crippen molar-refractivity contribution in [1.82, 2.24) is 0 Å². The van der Waals surface area contributed by atoms with Crippen LogP contribution in [0.5, 0.6) is 11.5 Å². The molecule has 0 N–H and O–H groups in total. The minimum Gasteiger partial charge on any atom is -0.493 e. The number of carbonyl (C=O) groups excluding carboxylic acids is 1. The third-order valence-electron chi connectivity index (χ3n) is 3.80. The molecule has 28 heavy (non-hydrogen) atoms. The van der Waals surface area contributed by atoms with E-state index < -0.39 is 10.9 Å². The molecule has 2 aromatic rings. The van der Waals surface area contributed by atoms with Crippen LogP contribution >= 0.6 is 11.6 Å². The van der Waals surface area contributed by atoms with Crippen molar-refractivity contribution in [3.8, 4) is 11.5 Å². The summed E-state index contributed by atoms with van der Waals surface area (Å²) in [7, 11) is 1.53. The lowest BCUT2D eigenvalue weighted by Gasteiger charge is -2.09. The Hall–Kier alpha value is -3.39. The Bertz CT molecular complexity index is 1020. The summed E-state index contributed by atoms with van der Waals surface area (Å²) in [6.07, 6.45) is 1.52. The monoisotopic (exact) mass is 402 g/mol. The zero-order valence-electron chi connectivity index (χ0n) is 15.0. The van der Waals surface area contributed by atoms with E-state index in [9.17, 15) is 14.9 Å². The van der Waals surface area contributed by atoms with Gasteiger partial charge in [0, 0.05) is 12.1 Å². The van der Waals surface area contributed by atoms with Crippen molar-refractivity contribution >= 4 is 35.2 Å². The van der Waals surface area contributed by atoms with E-state index in [4.69, 9.17) is 25.8 Å². The van der Waals surface area contributed by atoms with Crippen molar-refractivity contribution in [2.75, 3.05) is 13.7 Å². The van der Waals surface area contributed by atoms with Crippen LogP contribution in [-0.2, 0) is 9.53 Å². The van der Waals surface area contributed by atoms with Gasteiger partial charge in [0.1, 0.15) is 0 Å². The fourth-order valence-corrected chi connectivity index (χ4v) is 2.72. The lowest BCUT2D eigenvalue weighted by molar-refractivity contribution is -0.384. The van der Waals surface area contributed by atoms with Crippen LogP contribution in [0.15, 0.2) is 47.1 Å². The van der Waals surface area contributed by atoms with Gasteiger partial charge in [-0.1, -0.05) is 17.7 Å². The number of ether oxygens (including phenoxy) is 3. The second-order valence-electron chi connectivity index (χ2n) is 5.60. The first kappa shape index (κ1) is 19.4. The second-order valence-corrected chi connectivity index (χ2v) is 6.01. The third kappa shape index (κ3) is 3.96. The molecular formula is C19H15ClN2O6. The van der Waals surface area contributed by atoms with Gasteiger partial charge in [-0.25, -0.2) is 9.79 Å². The number of rotatable bonds is 6. The average Bonchev–Trinajstić information content (AvgIpc) is 3.02. The largest absolute Gasteiger partial charge is 0.493 e. The Kier molecular flexibility index (Phi) is 5.60. The first-order chi connectivity index (χ1) is 13.4. The quantitative estimate of drug-likeness (QED) is 0.313. The molecule has 9 heteroatoms. The van der Waals surface area contributed by atoms with Crippen LogP contribution < -0.4 is 9.47 Å². The van der Waals surface area contributed by atoms with Gasteiger partial charge in [-0.05, 0) is 36.8 Å². The van der Waals surface area contributed by atoms with Gasteiger partial charge in [0.2, 0.25) is 5.90 Å². The molecule has 0 aliphatic carbocycles. The molecule has 0 saturated carbocycles. The summed E-state index contributed by atoms with van der Waals surface area (Å²) in [5, 5.41) is 11.1. The fourth-order valence-electron chi connectivity index (χ4n) is 2.52. The molecule has 1 heterocycles. The van der Waals surface area contributed by atoms with E-state index in [0.29, 0.717) is 23.7 Å². The average molecular weight is 403 g/mol. The molecule has 8 nitrogen and oxygen atoms in total. The van der Waals surface area contributed by atoms with Crippen molar-refractivity contribution in [2.24, 2.45) is 4.99 Å². The highest BCUT2D eigenvalue weighted by molar-refractivity contribution is 6.34. The number of benzene rings is 2. The van der Waals surface area contributed by atoms with Crippen molar-refractivity contribution in [1.29, 1.82) is 0 Å². The molecule has 0 aromatic heterocycles. The van der Waals surface area contributed by atoms with Gasteiger partial charge in [0.25, 0.3) is 5.69 Å². The van der Waals surface area contributed by atoms with Gasteiger partial charge < -0.3 is 14.2 Å². The molecular weight excluding hydrogens is 388 g/mol. The molecule has 144 valence electrons. The Balaban J connectivity index is 1.97. The lowest BCUT2D eigenvalue weighted by Crippen LogP contribution is -2.06. The van der Waals surface area contributed by atoms with E-state index in [0.717, 1.165) is 0 Å². The lowest BCUT2D eigenvalue weighted by atomic mass is 10.1. The molecule has 0 fully saturated rings. The minimum absolute atomic E-state index is 0.0326. The number of nitrogens with zero attached hydrogens (tertiary/aromatic N) is 2. The van der Waals surface area contributed by atoms with Crippen LogP contribution in [0.2, 0.25) is 5.02 Å². The van der Waals surface area contributed by atoms with Crippen LogP contribution in [0.25, 0.3) is 6.08 Å². The number of cyclic esters (lactones) is 1. The van der Waals surface area contributed by atoms with E-state index in [1.54, 1.807) is 18.2 Å². The van der Waals surface area contributed by atoms with Gasteiger partial charge in [-0.2, -0.15) is 0 Å². The predicted molar refractivity (Wildman–Crippen MR) is 103 cm³/mol. The third-order valence-corrected chi connectivity index (χ3v) is 4.13. The zero-order chi connectivity index (χ0) is 20.3. The summed E-state index contributed by atoms with van der Waals surface area (Å²) in [5.41, 5.74) is 0.654. The summed E-state index contributed by atoms with van der Waals surface area (Å²) in [6.45, 7) is 2.30. The molecule has 1 aliphatic rings. The SMILES string of the molecule is CCOc1cc(/C=C2\N=C(c3cc([N+](=O)[O-])ccc3Cl)OC2=O)ccc1OC. The molecule has 0 spiro atoms. The maximum absolute atomic E-state index is 12.2. The smallest absolute Gasteiger partial charge is 0.363 e. The zero-order valence-corrected chi connectivity index (χ0v) is 15.7. The highest BCUT2D eigenvalue weighted by atomic mass is 35.5. The predicted octanol–water partition coefficient (Wildman–Crippen LogP) is 4.00. The molecule has 3 rings (SSSR count). The second kappa shape index (κ2) is 8.10. The fraction of sp³-hybridized carbons (Fsp3) is 0.158. The Labute approximate surface area is 165 Å². The standard InChI is InChI=1S/C19H15ClN2O6/c1-3-27-17-9-11(4-7-16(17)26-2)8-15-19(23)28-18(21-15)13-10-12(22(24)25)5-6-14(13)20/h4-10H,3H2,1-2H3/b15-8-. The van der Waals surface area contributed by atoms with E-state index in [1.165, 1.54) is 31.4 Å². The van der Waals surface area contributed by atoms with Crippen molar-refractivity contribution in [2.45, 2.75) is 6.92 Å². The summed E-state index contributed by atoms with van der Waals surface area (Å²) in [4.78, 5) is 26.7. The number of nitro groups is 1. The van der Waals surface area contributed by atoms with Crippen molar-refractivity contribution < 1.29 is 23.9 Å². The van der Waals surface area contributed by atoms with Crippen LogP contribution in [0.4, 0.5) is 5.69 Å². The summed E-state index contributed by atoms with van der Waals surface area (Å²) < 4.78 is 15.9. The number of nitro benzene ring substituents is 1. The molecule has 1 aliphatic heterocycles. The Morgan fingerprint density at radius 3 is 2.71 bits per heavy atom. The molecule has 0 atom stereocenters. The first-order valence-corrected chi connectivity index (χ1v) is 8.58. The Morgan fingerprint density at radius 1 is 1.25 bits per heavy atom. The van der Waals surface area contributed by atoms with E-state index in [1.807, 2.05) is 6.92 Å². The number of hydrogen-bond donors (Lipinski definition) is 0.